The molecule has 2 aromatic carbocycles. The van der Waals surface area contributed by atoms with Crippen LogP contribution in [0, 0.1) is 0 Å². The maximum absolute atomic E-state index is 14.1. The molecule has 218 valence electrons. The van der Waals surface area contributed by atoms with Crippen molar-refractivity contribution >= 4 is 46.5 Å². The second kappa shape index (κ2) is 12.9. The second-order valence-electron chi connectivity index (χ2n) is 9.75. The van der Waals surface area contributed by atoms with Gasteiger partial charge in [0.05, 0.1) is 17.6 Å². The van der Waals surface area contributed by atoms with Crippen LogP contribution in [0.25, 0.3) is 0 Å². The number of ether oxygens (including phenoxy) is 1. The molecule has 3 unspecified atom stereocenters. The molecule has 0 aliphatic carbocycles. The van der Waals surface area contributed by atoms with Crippen LogP contribution >= 0.6 is 22.9 Å². The molecular formula is C29H29ClF3N3O4S. The Morgan fingerprint density at radius 1 is 1.02 bits per heavy atom. The number of amides is 3. The van der Waals surface area contributed by atoms with E-state index in [4.69, 9.17) is 16.3 Å². The van der Waals surface area contributed by atoms with E-state index in [9.17, 15) is 27.6 Å². The van der Waals surface area contributed by atoms with E-state index in [1.165, 1.54) is 28.4 Å². The summed E-state index contributed by atoms with van der Waals surface area (Å²) in [5, 5.41) is 1.72. The lowest BCUT2D eigenvalue weighted by molar-refractivity contribution is -0.138. The first kappa shape index (κ1) is 30.4. The first-order valence-electron chi connectivity index (χ1n) is 12.9. The van der Waals surface area contributed by atoms with Gasteiger partial charge in [-0.2, -0.15) is 13.2 Å². The molecule has 1 fully saturated rings. The fraction of sp³-hybridized carbons (Fsp3) is 0.345. The molecule has 0 spiro atoms. The molecule has 0 N–H and O–H groups in total. The molecule has 3 amide bonds. The van der Waals surface area contributed by atoms with Gasteiger partial charge in [-0.1, -0.05) is 42.5 Å². The van der Waals surface area contributed by atoms with Crippen molar-refractivity contribution in [3.63, 3.8) is 0 Å². The standard InChI is InChI=1S/C29H29ClF3N3O4S/c1-19-16-34(17-20(2)35(19)28(39)40-18-21-8-4-3-5-9-21)27(38)26(24-12-7-13-41-24)36(25(37)15-30)23-11-6-10-22(14-23)29(31,32)33/h3-14,19-20,26H,15-18H2,1-2H3. The number of anilines is 1. The van der Waals surface area contributed by atoms with Crippen molar-refractivity contribution < 1.29 is 32.3 Å². The number of benzene rings is 2. The molecule has 0 saturated carbocycles. The number of rotatable bonds is 7. The lowest BCUT2D eigenvalue weighted by Gasteiger charge is -2.45. The van der Waals surface area contributed by atoms with Crippen LogP contribution in [0.4, 0.5) is 23.7 Å². The zero-order valence-electron chi connectivity index (χ0n) is 22.4. The lowest BCUT2D eigenvalue weighted by atomic mass is 10.0. The van der Waals surface area contributed by atoms with E-state index in [1.807, 2.05) is 30.3 Å². The largest absolute Gasteiger partial charge is 0.445 e. The Kier molecular flexibility index (Phi) is 9.60. The summed E-state index contributed by atoms with van der Waals surface area (Å²) in [5.41, 5.74) is -0.210. The third-order valence-electron chi connectivity index (χ3n) is 6.79. The van der Waals surface area contributed by atoms with Crippen LogP contribution in [0.1, 0.15) is 35.9 Å². The quantitative estimate of drug-likeness (QED) is 0.294. The van der Waals surface area contributed by atoms with E-state index in [2.05, 4.69) is 0 Å². The Morgan fingerprint density at radius 2 is 1.71 bits per heavy atom. The van der Waals surface area contributed by atoms with Crippen LogP contribution in [0.3, 0.4) is 0 Å². The zero-order valence-corrected chi connectivity index (χ0v) is 24.0. The van der Waals surface area contributed by atoms with E-state index in [0.29, 0.717) is 4.88 Å². The minimum atomic E-state index is -4.65. The Morgan fingerprint density at radius 3 is 2.29 bits per heavy atom. The van der Waals surface area contributed by atoms with Gasteiger partial charge in [0.15, 0.2) is 0 Å². The third-order valence-corrected chi connectivity index (χ3v) is 7.94. The Labute approximate surface area is 245 Å². The van der Waals surface area contributed by atoms with Crippen LogP contribution in [0.2, 0.25) is 0 Å². The van der Waals surface area contributed by atoms with E-state index < -0.39 is 53.7 Å². The maximum atomic E-state index is 14.1. The number of hydrogen-bond acceptors (Lipinski definition) is 5. The van der Waals surface area contributed by atoms with Crippen LogP contribution in [-0.4, -0.2) is 58.8 Å². The van der Waals surface area contributed by atoms with Gasteiger partial charge in [-0.3, -0.25) is 19.4 Å². The van der Waals surface area contributed by atoms with E-state index in [1.54, 1.807) is 36.3 Å². The summed E-state index contributed by atoms with van der Waals surface area (Å²) < 4.78 is 46.1. The molecule has 1 aliphatic rings. The molecule has 2 heterocycles. The molecule has 41 heavy (non-hydrogen) atoms. The van der Waals surface area contributed by atoms with Gasteiger partial charge in [-0.25, -0.2) is 4.79 Å². The minimum Gasteiger partial charge on any atom is -0.445 e. The van der Waals surface area contributed by atoms with Gasteiger partial charge < -0.3 is 9.64 Å². The fourth-order valence-corrected chi connectivity index (χ4v) is 5.90. The third kappa shape index (κ3) is 7.02. The lowest BCUT2D eigenvalue weighted by Crippen LogP contribution is -2.61. The monoisotopic (exact) mass is 607 g/mol. The molecule has 1 aromatic heterocycles. The number of alkyl halides is 4. The highest BCUT2D eigenvalue weighted by molar-refractivity contribution is 7.10. The Hall–Kier alpha value is -3.57. The second-order valence-corrected chi connectivity index (χ2v) is 11.0. The zero-order chi connectivity index (χ0) is 29.7. The van der Waals surface area contributed by atoms with Crippen LogP contribution in [0.15, 0.2) is 72.1 Å². The van der Waals surface area contributed by atoms with Gasteiger partial charge in [0.25, 0.3) is 5.91 Å². The van der Waals surface area contributed by atoms with Crippen LogP contribution < -0.4 is 4.90 Å². The SMILES string of the molecule is CC1CN(C(=O)C(c2cccs2)N(C(=O)CCl)c2cccc(C(F)(F)F)c2)CC(C)N1C(=O)OCc1ccccc1. The fourth-order valence-electron chi connectivity index (χ4n) is 4.97. The molecule has 1 aliphatic heterocycles. The van der Waals surface area contributed by atoms with Crippen molar-refractivity contribution in [3.05, 3.63) is 88.1 Å². The number of nitrogens with zero attached hydrogens (tertiary/aromatic N) is 3. The van der Waals surface area contributed by atoms with Crippen molar-refractivity contribution in [1.82, 2.24) is 9.80 Å². The highest BCUT2D eigenvalue weighted by Crippen LogP contribution is 2.37. The number of carbonyl (C=O) groups excluding carboxylic acids is 3. The summed E-state index contributed by atoms with van der Waals surface area (Å²) in [6.07, 6.45) is -5.16. The average molecular weight is 608 g/mol. The van der Waals surface area contributed by atoms with Crippen molar-refractivity contribution in [2.75, 3.05) is 23.9 Å². The van der Waals surface area contributed by atoms with Gasteiger partial charge in [-0.15, -0.1) is 22.9 Å². The van der Waals surface area contributed by atoms with Gasteiger partial charge in [0.2, 0.25) is 5.91 Å². The summed E-state index contributed by atoms with van der Waals surface area (Å²) in [5.74, 6) is -1.75. The average Bonchev–Trinajstić information content (AvgIpc) is 3.48. The molecule has 3 atom stereocenters. The normalized spacial score (nSPS) is 18.1. The summed E-state index contributed by atoms with van der Waals surface area (Å²) >= 11 is 7.11. The number of carbonyl (C=O) groups is 3. The maximum Gasteiger partial charge on any atom is 0.416 e. The first-order chi connectivity index (χ1) is 19.5. The van der Waals surface area contributed by atoms with Crippen molar-refractivity contribution in [2.24, 2.45) is 0 Å². The summed E-state index contributed by atoms with van der Waals surface area (Å²) in [6.45, 7) is 3.95. The molecule has 1 saturated heterocycles. The summed E-state index contributed by atoms with van der Waals surface area (Å²) in [6, 6.07) is 14.8. The number of piperazine rings is 1. The predicted octanol–water partition coefficient (Wildman–Crippen LogP) is 6.34. The minimum absolute atomic E-state index is 0.0959. The number of hydrogen-bond donors (Lipinski definition) is 0. The molecular weight excluding hydrogens is 579 g/mol. The smallest absolute Gasteiger partial charge is 0.416 e. The number of thiophene rings is 1. The molecule has 0 bridgehead atoms. The van der Waals surface area contributed by atoms with Gasteiger partial charge in [0, 0.05) is 23.7 Å². The predicted molar refractivity (Wildman–Crippen MR) is 151 cm³/mol. The van der Waals surface area contributed by atoms with Crippen LogP contribution in [-0.2, 0) is 27.1 Å². The van der Waals surface area contributed by atoms with Crippen molar-refractivity contribution in [3.8, 4) is 0 Å². The first-order valence-corrected chi connectivity index (χ1v) is 14.3. The molecule has 3 aromatic rings. The summed E-state index contributed by atoms with van der Waals surface area (Å²) in [7, 11) is 0. The van der Waals surface area contributed by atoms with E-state index in [-0.39, 0.29) is 25.4 Å². The van der Waals surface area contributed by atoms with Crippen molar-refractivity contribution in [1.29, 1.82) is 0 Å². The highest BCUT2D eigenvalue weighted by Gasteiger charge is 2.42. The summed E-state index contributed by atoms with van der Waals surface area (Å²) in [4.78, 5) is 44.8. The van der Waals surface area contributed by atoms with E-state index in [0.717, 1.165) is 22.6 Å². The number of halogens is 4. The molecule has 7 nitrogen and oxygen atoms in total. The van der Waals surface area contributed by atoms with Gasteiger partial charge in [0.1, 0.15) is 18.5 Å². The topological polar surface area (TPSA) is 70.2 Å². The van der Waals surface area contributed by atoms with Crippen LogP contribution in [0.5, 0.6) is 0 Å². The Balaban J connectivity index is 1.60. The van der Waals surface area contributed by atoms with Gasteiger partial charge >= 0.3 is 12.3 Å². The Bertz CT molecular complexity index is 1340. The van der Waals surface area contributed by atoms with E-state index >= 15 is 0 Å². The molecule has 0 radical (unpaired) electrons. The van der Waals surface area contributed by atoms with Gasteiger partial charge in [-0.05, 0) is 49.1 Å². The highest BCUT2D eigenvalue weighted by atomic mass is 35.5. The van der Waals surface area contributed by atoms with Crippen molar-refractivity contribution in [2.45, 2.75) is 44.8 Å². The molecule has 4 rings (SSSR count). The molecule has 12 heteroatoms.